The molecule has 0 spiro atoms. The van der Waals surface area contributed by atoms with Crippen LogP contribution in [0.25, 0.3) is 22.3 Å². The minimum absolute atomic E-state index is 0.312. The third kappa shape index (κ3) is 3.01. The van der Waals surface area contributed by atoms with E-state index in [2.05, 4.69) is 4.98 Å². The van der Waals surface area contributed by atoms with Gasteiger partial charge in [0.15, 0.2) is 0 Å². The summed E-state index contributed by atoms with van der Waals surface area (Å²) in [5.41, 5.74) is 11.0. The maximum atomic E-state index is 13.3. The predicted octanol–water partition coefficient (Wildman–Crippen LogP) is 4.21. The molecule has 25 heavy (non-hydrogen) atoms. The highest BCUT2D eigenvalue weighted by Gasteiger charge is 2.21. The molecule has 0 radical (unpaired) electrons. The van der Waals surface area contributed by atoms with Crippen molar-refractivity contribution in [3.05, 3.63) is 65.2 Å². The standard InChI is InChI=1S/C20H19FN2O2/c1-11-8-15(25-3)9-12(2)17(11)18-16(10-23-19(18)20(22)24)13-4-6-14(21)7-5-13/h4-10,23H,1-3H3,(H2,22,24). The van der Waals surface area contributed by atoms with Crippen LogP contribution in [0.1, 0.15) is 21.6 Å². The molecule has 0 bridgehead atoms. The van der Waals surface area contributed by atoms with Gasteiger partial charge in [-0.25, -0.2) is 4.39 Å². The van der Waals surface area contributed by atoms with E-state index in [1.54, 1.807) is 25.4 Å². The topological polar surface area (TPSA) is 68.1 Å². The number of aryl methyl sites for hydroxylation is 2. The van der Waals surface area contributed by atoms with Crippen LogP contribution in [0, 0.1) is 19.7 Å². The highest BCUT2D eigenvalue weighted by Crippen LogP contribution is 2.39. The lowest BCUT2D eigenvalue weighted by atomic mass is 9.90. The van der Waals surface area contributed by atoms with E-state index in [4.69, 9.17) is 10.5 Å². The summed E-state index contributed by atoms with van der Waals surface area (Å²) in [7, 11) is 1.61. The van der Waals surface area contributed by atoms with Crippen LogP contribution in [-0.4, -0.2) is 18.0 Å². The molecule has 3 aromatic rings. The highest BCUT2D eigenvalue weighted by atomic mass is 19.1. The Morgan fingerprint density at radius 2 is 1.68 bits per heavy atom. The lowest BCUT2D eigenvalue weighted by Gasteiger charge is -2.15. The Balaban J connectivity index is 2.30. The molecule has 1 amide bonds. The van der Waals surface area contributed by atoms with Crippen LogP contribution in [-0.2, 0) is 0 Å². The first-order valence-electron chi connectivity index (χ1n) is 7.85. The fourth-order valence-electron chi connectivity index (χ4n) is 3.17. The number of methoxy groups -OCH3 is 1. The summed E-state index contributed by atoms with van der Waals surface area (Å²) in [5.74, 6) is -0.107. The van der Waals surface area contributed by atoms with Gasteiger partial charge in [0.25, 0.3) is 5.91 Å². The Morgan fingerprint density at radius 3 is 2.20 bits per heavy atom. The Morgan fingerprint density at radius 1 is 1.08 bits per heavy atom. The second kappa shape index (κ2) is 6.43. The third-order valence-corrected chi connectivity index (χ3v) is 4.27. The number of hydrogen-bond donors (Lipinski definition) is 2. The van der Waals surface area contributed by atoms with Gasteiger partial charge in [-0.15, -0.1) is 0 Å². The second-order valence-corrected chi connectivity index (χ2v) is 5.96. The first-order valence-corrected chi connectivity index (χ1v) is 7.85. The van der Waals surface area contributed by atoms with Crippen molar-refractivity contribution in [1.29, 1.82) is 0 Å². The number of amides is 1. The van der Waals surface area contributed by atoms with Gasteiger partial charge in [0.1, 0.15) is 17.3 Å². The first kappa shape index (κ1) is 16.8. The number of primary amides is 1. The summed E-state index contributed by atoms with van der Waals surface area (Å²) >= 11 is 0. The zero-order chi connectivity index (χ0) is 18.1. The SMILES string of the molecule is COc1cc(C)c(-c2c(-c3ccc(F)cc3)c[nH]c2C(N)=O)c(C)c1. The molecule has 0 fully saturated rings. The summed E-state index contributed by atoms with van der Waals surface area (Å²) in [4.78, 5) is 14.9. The van der Waals surface area contributed by atoms with Gasteiger partial charge in [0.05, 0.1) is 7.11 Å². The largest absolute Gasteiger partial charge is 0.497 e. The number of halogens is 1. The van der Waals surface area contributed by atoms with E-state index in [0.717, 1.165) is 39.1 Å². The van der Waals surface area contributed by atoms with Crippen molar-refractivity contribution in [1.82, 2.24) is 4.98 Å². The van der Waals surface area contributed by atoms with Gasteiger partial charge in [-0.3, -0.25) is 4.79 Å². The Hall–Kier alpha value is -3.08. The lowest BCUT2D eigenvalue weighted by molar-refractivity contribution is 0.0997. The number of carbonyl (C=O) groups excluding carboxylic acids is 1. The minimum atomic E-state index is -0.544. The van der Waals surface area contributed by atoms with Gasteiger partial charge in [0, 0.05) is 17.3 Å². The number of aromatic nitrogens is 1. The molecule has 0 aliphatic rings. The van der Waals surface area contributed by atoms with Crippen molar-refractivity contribution in [2.45, 2.75) is 13.8 Å². The van der Waals surface area contributed by atoms with Crippen LogP contribution in [0.3, 0.4) is 0 Å². The number of H-pyrrole nitrogens is 1. The third-order valence-electron chi connectivity index (χ3n) is 4.27. The summed E-state index contributed by atoms with van der Waals surface area (Å²) in [6.45, 7) is 3.91. The van der Waals surface area contributed by atoms with Gasteiger partial charge < -0.3 is 15.5 Å². The number of aromatic amines is 1. The van der Waals surface area contributed by atoms with E-state index in [1.165, 1.54) is 12.1 Å². The van der Waals surface area contributed by atoms with Crippen LogP contribution in [0.4, 0.5) is 4.39 Å². The molecule has 0 unspecified atom stereocenters. The molecule has 0 saturated carbocycles. The number of hydrogen-bond acceptors (Lipinski definition) is 2. The fraction of sp³-hybridized carbons (Fsp3) is 0.150. The van der Waals surface area contributed by atoms with Crippen LogP contribution in [0.5, 0.6) is 5.75 Å². The molecule has 1 heterocycles. The van der Waals surface area contributed by atoms with Gasteiger partial charge in [-0.2, -0.15) is 0 Å². The molecule has 0 aliphatic carbocycles. The van der Waals surface area contributed by atoms with Crippen molar-refractivity contribution in [2.24, 2.45) is 5.73 Å². The molecule has 1 aromatic heterocycles. The van der Waals surface area contributed by atoms with Crippen molar-refractivity contribution < 1.29 is 13.9 Å². The Kier molecular flexibility index (Phi) is 4.31. The van der Waals surface area contributed by atoms with Crippen molar-refractivity contribution >= 4 is 5.91 Å². The fourth-order valence-corrected chi connectivity index (χ4v) is 3.17. The summed E-state index contributed by atoms with van der Waals surface area (Å²) in [5, 5.41) is 0. The smallest absolute Gasteiger partial charge is 0.265 e. The molecular formula is C20H19FN2O2. The Labute approximate surface area is 145 Å². The average molecular weight is 338 g/mol. The zero-order valence-electron chi connectivity index (χ0n) is 14.3. The Bertz CT molecular complexity index is 920. The number of rotatable bonds is 4. The average Bonchev–Trinajstić information content (AvgIpc) is 2.99. The van der Waals surface area contributed by atoms with Crippen molar-refractivity contribution in [3.8, 4) is 28.0 Å². The van der Waals surface area contributed by atoms with Gasteiger partial charge in [0.2, 0.25) is 0 Å². The quantitative estimate of drug-likeness (QED) is 0.748. The number of ether oxygens (including phenoxy) is 1. The molecule has 4 nitrogen and oxygen atoms in total. The zero-order valence-corrected chi connectivity index (χ0v) is 14.3. The van der Waals surface area contributed by atoms with Crippen LogP contribution >= 0.6 is 0 Å². The number of nitrogens with one attached hydrogen (secondary N) is 1. The van der Waals surface area contributed by atoms with E-state index in [-0.39, 0.29) is 5.82 Å². The van der Waals surface area contributed by atoms with E-state index in [0.29, 0.717) is 5.69 Å². The van der Waals surface area contributed by atoms with Crippen LogP contribution < -0.4 is 10.5 Å². The first-order chi connectivity index (χ1) is 11.9. The van der Waals surface area contributed by atoms with Gasteiger partial charge in [-0.1, -0.05) is 12.1 Å². The lowest BCUT2D eigenvalue weighted by Crippen LogP contribution is -2.13. The monoisotopic (exact) mass is 338 g/mol. The van der Waals surface area contributed by atoms with Gasteiger partial charge in [-0.05, 0) is 60.4 Å². The summed E-state index contributed by atoms with van der Waals surface area (Å²) < 4.78 is 18.6. The number of benzene rings is 2. The van der Waals surface area contributed by atoms with E-state index in [1.807, 2.05) is 26.0 Å². The summed E-state index contributed by atoms with van der Waals surface area (Å²) in [6, 6.07) is 9.97. The summed E-state index contributed by atoms with van der Waals surface area (Å²) in [6.07, 6.45) is 1.73. The normalized spacial score (nSPS) is 10.7. The van der Waals surface area contributed by atoms with Crippen LogP contribution in [0.2, 0.25) is 0 Å². The second-order valence-electron chi connectivity index (χ2n) is 5.96. The highest BCUT2D eigenvalue weighted by molar-refractivity contribution is 6.04. The molecule has 3 N–H and O–H groups in total. The molecule has 5 heteroatoms. The van der Waals surface area contributed by atoms with Crippen molar-refractivity contribution in [2.75, 3.05) is 7.11 Å². The molecular weight excluding hydrogens is 319 g/mol. The molecule has 0 aliphatic heterocycles. The maximum Gasteiger partial charge on any atom is 0.265 e. The molecule has 128 valence electrons. The minimum Gasteiger partial charge on any atom is -0.497 e. The molecule has 2 aromatic carbocycles. The van der Waals surface area contributed by atoms with Gasteiger partial charge >= 0.3 is 0 Å². The van der Waals surface area contributed by atoms with Crippen molar-refractivity contribution in [3.63, 3.8) is 0 Å². The van der Waals surface area contributed by atoms with Crippen LogP contribution in [0.15, 0.2) is 42.6 Å². The maximum absolute atomic E-state index is 13.3. The molecule has 3 rings (SSSR count). The van der Waals surface area contributed by atoms with E-state index >= 15 is 0 Å². The number of nitrogens with two attached hydrogens (primary N) is 1. The molecule has 0 atom stereocenters. The van der Waals surface area contributed by atoms with E-state index < -0.39 is 5.91 Å². The predicted molar refractivity (Wildman–Crippen MR) is 96.2 cm³/mol. The number of carbonyl (C=O) groups is 1. The van der Waals surface area contributed by atoms with E-state index in [9.17, 15) is 9.18 Å². The molecule has 0 saturated heterocycles.